The van der Waals surface area contributed by atoms with E-state index in [1.54, 1.807) is 25.3 Å². The SMILES string of the molecule is COc1ccc(/C=C/C(=O)Cc2cc(O)cc(=O)o2)cc1. The number of methoxy groups -OCH3 is 1. The van der Waals surface area contributed by atoms with Gasteiger partial charge in [0.05, 0.1) is 19.6 Å². The first kappa shape index (κ1) is 14.6. The predicted octanol–water partition coefficient (Wildman–Crippen LogP) is 2.18. The fraction of sp³-hybridized carbons (Fsp3) is 0.125. The summed E-state index contributed by atoms with van der Waals surface area (Å²) < 4.78 is 9.86. The van der Waals surface area contributed by atoms with Crippen molar-refractivity contribution in [3.05, 3.63) is 64.2 Å². The molecular weight excluding hydrogens is 272 g/mol. The molecule has 0 saturated carbocycles. The molecule has 1 aromatic carbocycles. The Morgan fingerprint density at radius 3 is 2.62 bits per heavy atom. The van der Waals surface area contributed by atoms with Gasteiger partial charge in [0.1, 0.15) is 17.3 Å². The summed E-state index contributed by atoms with van der Waals surface area (Å²) in [6.07, 6.45) is 2.96. The summed E-state index contributed by atoms with van der Waals surface area (Å²) >= 11 is 0. The van der Waals surface area contributed by atoms with Crippen LogP contribution in [0.4, 0.5) is 0 Å². The van der Waals surface area contributed by atoms with Crippen LogP contribution < -0.4 is 10.4 Å². The van der Waals surface area contributed by atoms with Gasteiger partial charge in [-0.15, -0.1) is 0 Å². The molecule has 2 rings (SSSR count). The van der Waals surface area contributed by atoms with Gasteiger partial charge < -0.3 is 14.3 Å². The van der Waals surface area contributed by atoms with Crippen molar-refractivity contribution in [3.8, 4) is 11.5 Å². The number of benzene rings is 1. The lowest BCUT2D eigenvalue weighted by Crippen LogP contribution is -2.03. The van der Waals surface area contributed by atoms with Crippen LogP contribution in [0.3, 0.4) is 0 Å². The van der Waals surface area contributed by atoms with Gasteiger partial charge in [-0.1, -0.05) is 18.2 Å². The molecule has 0 aliphatic heterocycles. The summed E-state index contributed by atoms with van der Waals surface area (Å²) in [6, 6.07) is 9.41. The summed E-state index contributed by atoms with van der Waals surface area (Å²) in [6.45, 7) is 0. The van der Waals surface area contributed by atoms with E-state index in [0.717, 1.165) is 17.4 Å². The average molecular weight is 286 g/mol. The summed E-state index contributed by atoms with van der Waals surface area (Å²) in [5.74, 6) is 0.414. The molecule has 108 valence electrons. The van der Waals surface area contributed by atoms with E-state index in [0.29, 0.717) is 0 Å². The zero-order valence-electron chi connectivity index (χ0n) is 11.4. The van der Waals surface area contributed by atoms with Gasteiger partial charge in [0.25, 0.3) is 0 Å². The number of hydrogen-bond donors (Lipinski definition) is 1. The Kier molecular flexibility index (Phi) is 4.56. The monoisotopic (exact) mass is 286 g/mol. The molecule has 1 heterocycles. The van der Waals surface area contributed by atoms with Crippen molar-refractivity contribution in [1.82, 2.24) is 0 Å². The predicted molar refractivity (Wildman–Crippen MR) is 77.4 cm³/mol. The van der Waals surface area contributed by atoms with E-state index in [1.807, 2.05) is 12.1 Å². The molecule has 0 atom stereocenters. The van der Waals surface area contributed by atoms with Gasteiger partial charge in [0.15, 0.2) is 5.78 Å². The Morgan fingerprint density at radius 1 is 1.29 bits per heavy atom. The topological polar surface area (TPSA) is 76.7 Å². The normalized spacial score (nSPS) is 10.7. The minimum Gasteiger partial charge on any atom is -0.508 e. The van der Waals surface area contributed by atoms with Gasteiger partial charge >= 0.3 is 5.63 Å². The van der Waals surface area contributed by atoms with Gasteiger partial charge in [-0.3, -0.25) is 4.79 Å². The van der Waals surface area contributed by atoms with Crippen LogP contribution in [0.15, 0.2) is 51.7 Å². The highest BCUT2D eigenvalue weighted by atomic mass is 16.5. The van der Waals surface area contributed by atoms with Crippen molar-refractivity contribution in [2.45, 2.75) is 6.42 Å². The van der Waals surface area contributed by atoms with Crippen molar-refractivity contribution in [2.75, 3.05) is 7.11 Å². The molecular formula is C16H14O5. The van der Waals surface area contributed by atoms with Crippen LogP contribution >= 0.6 is 0 Å². The molecule has 0 bridgehead atoms. The zero-order chi connectivity index (χ0) is 15.2. The van der Waals surface area contributed by atoms with Crippen molar-refractivity contribution in [3.63, 3.8) is 0 Å². The number of aromatic hydroxyl groups is 1. The molecule has 0 saturated heterocycles. The Hall–Kier alpha value is -2.82. The lowest BCUT2D eigenvalue weighted by molar-refractivity contribution is -0.114. The number of rotatable bonds is 5. The number of ether oxygens (including phenoxy) is 1. The standard InChI is InChI=1S/C16H14O5/c1-20-14-6-3-11(4-7-14)2-5-12(17)8-15-9-13(18)10-16(19)21-15/h2-7,9-10,18H,8H2,1H3/b5-2+. The van der Waals surface area contributed by atoms with Gasteiger partial charge in [-0.2, -0.15) is 0 Å². The molecule has 1 N–H and O–H groups in total. The molecule has 21 heavy (non-hydrogen) atoms. The first-order valence-corrected chi connectivity index (χ1v) is 6.25. The minimum atomic E-state index is -0.683. The van der Waals surface area contributed by atoms with E-state index in [9.17, 15) is 14.7 Å². The maximum Gasteiger partial charge on any atom is 0.339 e. The summed E-state index contributed by atoms with van der Waals surface area (Å²) in [5, 5.41) is 9.26. The van der Waals surface area contributed by atoms with Crippen LogP contribution in [0.5, 0.6) is 11.5 Å². The van der Waals surface area contributed by atoms with Crippen LogP contribution in [0.2, 0.25) is 0 Å². The maximum atomic E-state index is 11.8. The van der Waals surface area contributed by atoms with Crippen LogP contribution in [-0.2, 0) is 11.2 Å². The maximum absolute atomic E-state index is 11.8. The largest absolute Gasteiger partial charge is 0.508 e. The van der Waals surface area contributed by atoms with Crippen molar-refractivity contribution in [1.29, 1.82) is 0 Å². The third-order valence-corrected chi connectivity index (χ3v) is 2.73. The Morgan fingerprint density at radius 2 is 2.00 bits per heavy atom. The van der Waals surface area contributed by atoms with Crippen LogP contribution in [0.1, 0.15) is 11.3 Å². The third-order valence-electron chi connectivity index (χ3n) is 2.73. The molecule has 0 amide bonds. The zero-order valence-corrected chi connectivity index (χ0v) is 11.4. The van der Waals surface area contributed by atoms with Crippen molar-refractivity contribution in [2.24, 2.45) is 0 Å². The fourth-order valence-corrected chi connectivity index (χ4v) is 1.74. The second kappa shape index (κ2) is 6.56. The Balaban J connectivity index is 2.03. The Bertz CT molecular complexity index is 710. The average Bonchev–Trinajstić information content (AvgIpc) is 2.44. The molecule has 0 unspecified atom stereocenters. The molecule has 0 spiro atoms. The highest BCUT2D eigenvalue weighted by molar-refractivity contribution is 5.94. The third kappa shape index (κ3) is 4.35. The smallest absolute Gasteiger partial charge is 0.339 e. The summed E-state index contributed by atoms with van der Waals surface area (Å²) in [7, 11) is 1.58. The fourth-order valence-electron chi connectivity index (χ4n) is 1.74. The van der Waals surface area contributed by atoms with E-state index in [2.05, 4.69) is 0 Å². The molecule has 5 heteroatoms. The van der Waals surface area contributed by atoms with Crippen LogP contribution in [0.25, 0.3) is 6.08 Å². The molecule has 2 aromatic rings. The van der Waals surface area contributed by atoms with E-state index < -0.39 is 5.63 Å². The van der Waals surface area contributed by atoms with Gasteiger partial charge in [-0.05, 0) is 23.8 Å². The van der Waals surface area contributed by atoms with E-state index in [-0.39, 0.29) is 23.7 Å². The molecule has 0 aliphatic rings. The number of allylic oxidation sites excluding steroid dienone is 1. The van der Waals surface area contributed by atoms with E-state index in [4.69, 9.17) is 9.15 Å². The second-order valence-corrected chi connectivity index (χ2v) is 4.35. The van der Waals surface area contributed by atoms with E-state index >= 15 is 0 Å². The molecule has 0 aliphatic carbocycles. The van der Waals surface area contributed by atoms with Crippen LogP contribution in [-0.4, -0.2) is 18.0 Å². The lowest BCUT2D eigenvalue weighted by atomic mass is 10.1. The summed E-state index contributed by atoms with van der Waals surface area (Å²) in [4.78, 5) is 22.8. The quantitative estimate of drug-likeness (QED) is 0.852. The molecule has 0 radical (unpaired) electrons. The first-order valence-electron chi connectivity index (χ1n) is 6.25. The first-order chi connectivity index (χ1) is 10.1. The highest BCUT2D eigenvalue weighted by Crippen LogP contribution is 2.13. The Labute approximate surface area is 121 Å². The van der Waals surface area contributed by atoms with Crippen LogP contribution in [0, 0.1) is 0 Å². The molecule has 0 fully saturated rings. The molecule has 5 nitrogen and oxygen atoms in total. The number of carbonyl (C=O) groups is 1. The minimum absolute atomic E-state index is 0.0870. The summed E-state index contributed by atoms with van der Waals surface area (Å²) in [5.41, 5.74) is 0.165. The highest BCUT2D eigenvalue weighted by Gasteiger charge is 2.05. The number of hydrogen-bond acceptors (Lipinski definition) is 5. The second-order valence-electron chi connectivity index (χ2n) is 4.35. The van der Waals surface area contributed by atoms with Crippen molar-refractivity contribution >= 4 is 11.9 Å². The van der Waals surface area contributed by atoms with Crippen molar-refractivity contribution < 1.29 is 19.1 Å². The number of carbonyl (C=O) groups excluding carboxylic acids is 1. The van der Waals surface area contributed by atoms with Gasteiger partial charge in [0, 0.05) is 6.07 Å². The van der Waals surface area contributed by atoms with E-state index in [1.165, 1.54) is 12.1 Å². The lowest BCUT2D eigenvalue weighted by Gasteiger charge is -1.99. The van der Waals surface area contributed by atoms with Gasteiger partial charge in [0.2, 0.25) is 0 Å². The molecule has 1 aromatic heterocycles. The van der Waals surface area contributed by atoms with Gasteiger partial charge in [-0.25, -0.2) is 4.79 Å². The number of ketones is 1.